The van der Waals surface area contributed by atoms with Crippen molar-refractivity contribution < 1.29 is 13.6 Å². The lowest BCUT2D eigenvalue weighted by Crippen LogP contribution is -2.12. The molecule has 0 aliphatic carbocycles. The maximum Gasteiger partial charge on any atom is 0.287 e. The highest BCUT2D eigenvalue weighted by molar-refractivity contribution is 6.34. The number of anilines is 1. The molecule has 3 heterocycles. The van der Waals surface area contributed by atoms with Crippen molar-refractivity contribution in [3.05, 3.63) is 41.3 Å². The summed E-state index contributed by atoms with van der Waals surface area (Å²) in [6.07, 6.45) is 1.45. The number of amides is 1. The molecule has 0 fully saturated rings. The number of nitrogens with one attached hydrogen (secondary N) is 1. The van der Waals surface area contributed by atoms with Crippen LogP contribution < -0.4 is 5.32 Å². The molecule has 0 saturated heterocycles. The third kappa shape index (κ3) is 3.05. The summed E-state index contributed by atoms with van der Waals surface area (Å²) in [5, 5.41) is 7.34. The highest BCUT2D eigenvalue weighted by Crippen LogP contribution is 2.29. The van der Waals surface area contributed by atoms with Crippen LogP contribution in [0, 0.1) is 0 Å². The van der Waals surface area contributed by atoms with Gasteiger partial charge in [0.15, 0.2) is 11.0 Å². The Hall–Kier alpha value is -2.61. The minimum atomic E-state index is -3.08. The molecule has 124 valence electrons. The van der Waals surface area contributed by atoms with Crippen LogP contribution in [-0.4, -0.2) is 25.7 Å². The van der Waals surface area contributed by atoms with Gasteiger partial charge >= 0.3 is 0 Å². The molecule has 0 unspecified atom stereocenters. The molecule has 3 aromatic rings. The van der Waals surface area contributed by atoms with E-state index in [1.807, 2.05) is 0 Å². The molecule has 0 spiro atoms. The summed E-state index contributed by atoms with van der Waals surface area (Å²) in [5.74, 6) is -2.88. The van der Waals surface area contributed by atoms with Gasteiger partial charge in [-0.15, -0.1) is 0 Å². The molecule has 0 aromatic carbocycles. The van der Waals surface area contributed by atoms with E-state index >= 15 is 0 Å². The van der Waals surface area contributed by atoms with Gasteiger partial charge in [0, 0.05) is 26.1 Å². The topological polar surface area (TPSA) is 72.7 Å². The van der Waals surface area contributed by atoms with Gasteiger partial charge in [-0.3, -0.25) is 4.79 Å². The number of carbonyl (C=O) groups excluding carboxylic acids is 1. The molecule has 24 heavy (non-hydrogen) atoms. The summed E-state index contributed by atoms with van der Waals surface area (Å²) in [5.41, 5.74) is 0.110. The Labute approximate surface area is 140 Å². The molecule has 1 N–H and O–H groups in total. The average molecular weight is 352 g/mol. The first-order chi connectivity index (χ1) is 11.3. The second kappa shape index (κ2) is 5.79. The number of fused-ring (bicyclic) bond motifs is 1. The summed E-state index contributed by atoms with van der Waals surface area (Å²) in [6, 6.07) is 5.79. The number of hydrogen-bond acceptors (Lipinski definition) is 4. The van der Waals surface area contributed by atoms with E-state index < -0.39 is 5.92 Å². The lowest BCUT2D eigenvalue weighted by molar-refractivity contribution is -0.114. The van der Waals surface area contributed by atoms with Crippen molar-refractivity contribution in [2.75, 3.05) is 5.32 Å². The van der Waals surface area contributed by atoms with E-state index in [1.54, 1.807) is 6.07 Å². The van der Waals surface area contributed by atoms with Crippen LogP contribution in [-0.2, 0) is 10.7 Å². The molecule has 3 rings (SSSR count). The zero-order chi connectivity index (χ0) is 17.5. The van der Waals surface area contributed by atoms with Gasteiger partial charge in [-0.1, -0.05) is 17.7 Å². The van der Waals surface area contributed by atoms with Crippen LogP contribution >= 0.6 is 11.6 Å². The fourth-order valence-electron chi connectivity index (χ4n) is 2.18. The smallest absolute Gasteiger partial charge is 0.287 e. The highest BCUT2D eigenvalue weighted by atomic mass is 35.5. The molecular formula is C15H12ClF2N5O. The Morgan fingerprint density at radius 2 is 2.12 bits per heavy atom. The van der Waals surface area contributed by atoms with Gasteiger partial charge in [-0.2, -0.15) is 13.9 Å². The number of alkyl halides is 2. The van der Waals surface area contributed by atoms with Crippen molar-refractivity contribution in [1.82, 2.24) is 19.7 Å². The minimum absolute atomic E-state index is 0.155. The normalized spacial score (nSPS) is 11.7. The van der Waals surface area contributed by atoms with Crippen LogP contribution in [0.4, 0.5) is 14.6 Å². The maximum atomic E-state index is 13.5. The van der Waals surface area contributed by atoms with Crippen LogP contribution in [0.2, 0.25) is 5.15 Å². The number of aromatic nitrogens is 4. The third-order valence-electron chi connectivity index (χ3n) is 3.23. The first-order valence-corrected chi connectivity index (χ1v) is 7.31. The Morgan fingerprint density at radius 1 is 1.38 bits per heavy atom. The first-order valence-electron chi connectivity index (χ1n) is 6.93. The summed E-state index contributed by atoms with van der Waals surface area (Å²) >= 11 is 6.08. The second-order valence-corrected chi connectivity index (χ2v) is 5.60. The van der Waals surface area contributed by atoms with Crippen molar-refractivity contribution in [3.8, 4) is 5.82 Å². The number of pyridine rings is 2. The monoisotopic (exact) mass is 351 g/mol. The first kappa shape index (κ1) is 16.3. The predicted molar refractivity (Wildman–Crippen MR) is 85.5 cm³/mol. The van der Waals surface area contributed by atoms with Crippen molar-refractivity contribution in [3.63, 3.8) is 0 Å². The zero-order valence-corrected chi connectivity index (χ0v) is 13.5. The predicted octanol–water partition coefficient (Wildman–Crippen LogP) is 3.54. The van der Waals surface area contributed by atoms with E-state index in [9.17, 15) is 13.6 Å². The van der Waals surface area contributed by atoms with Crippen LogP contribution in [0.5, 0.6) is 0 Å². The molecular weight excluding hydrogens is 340 g/mol. The van der Waals surface area contributed by atoms with Gasteiger partial charge in [0.1, 0.15) is 11.5 Å². The quantitative estimate of drug-likeness (QED) is 0.783. The molecule has 0 bridgehead atoms. The van der Waals surface area contributed by atoms with Gasteiger partial charge in [0.25, 0.3) is 5.92 Å². The Balaban J connectivity index is 2.17. The Bertz CT molecular complexity index is 935. The van der Waals surface area contributed by atoms with Gasteiger partial charge < -0.3 is 5.32 Å². The molecule has 0 aliphatic rings. The number of carbonyl (C=O) groups is 1. The number of halogens is 3. The Morgan fingerprint density at radius 3 is 2.79 bits per heavy atom. The molecule has 6 nitrogen and oxygen atoms in total. The lowest BCUT2D eigenvalue weighted by Gasteiger charge is -2.11. The van der Waals surface area contributed by atoms with Crippen LogP contribution in [0.15, 0.2) is 30.5 Å². The molecule has 0 radical (unpaired) electrons. The van der Waals surface area contributed by atoms with Gasteiger partial charge in [-0.25, -0.2) is 14.6 Å². The Kier molecular flexibility index (Phi) is 3.92. The van der Waals surface area contributed by atoms with Crippen LogP contribution in [0.25, 0.3) is 16.7 Å². The molecule has 9 heteroatoms. The molecule has 0 atom stereocenters. The average Bonchev–Trinajstić information content (AvgIpc) is 2.83. The zero-order valence-electron chi connectivity index (χ0n) is 12.7. The maximum absolute atomic E-state index is 13.5. The SMILES string of the molecule is CC(=O)Nc1cc2c(cn1)c(Cl)nn2-c1cccc(C(C)(F)F)n1. The van der Waals surface area contributed by atoms with E-state index in [-0.39, 0.29) is 22.6 Å². The molecule has 0 saturated carbocycles. The standard InChI is InChI=1S/C15H12ClF2N5O/c1-8(24)20-12-6-10-9(7-19-12)14(16)22-23(10)13-5-3-4-11(21-13)15(2,17)18/h3-7H,1-2H3,(H,19,20,24). The van der Waals surface area contributed by atoms with E-state index in [2.05, 4.69) is 20.4 Å². The third-order valence-corrected chi connectivity index (χ3v) is 3.50. The summed E-state index contributed by atoms with van der Waals surface area (Å²) in [4.78, 5) is 19.2. The van der Waals surface area contributed by atoms with Crippen molar-refractivity contribution in [2.45, 2.75) is 19.8 Å². The van der Waals surface area contributed by atoms with E-state index in [4.69, 9.17) is 11.6 Å². The van der Waals surface area contributed by atoms with E-state index in [1.165, 1.54) is 36.0 Å². The van der Waals surface area contributed by atoms with Crippen molar-refractivity contribution in [1.29, 1.82) is 0 Å². The minimum Gasteiger partial charge on any atom is -0.311 e. The molecule has 1 amide bonds. The van der Waals surface area contributed by atoms with Gasteiger partial charge in [0.2, 0.25) is 5.91 Å². The fourth-order valence-corrected chi connectivity index (χ4v) is 2.40. The lowest BCUT2D eigenvalue weighted by atomic mass is 10.2. The summed E-state index contributed by atoms with van der Waals surface area (Å²) in [7, 11) is 0. The largest absolute Gasteiger partial charge is 0.311 e. The van der Waals surface area contributed by atoms with Crippen LogP contribution in [0.1, 0.15) is 19.5 Å². The van der Waals surface area contributed by atoms with Gasteiger partial charge in [0.05, 0.1) is 10.9 Å². The number of hydrogen-bond donors (Lipinski definition) is 1. The van der Waals surface area contributed by atoms with Crippen molar-refractivity contribution >= 4 is 34.2 Å². The van der Waals surface area contributed by atoms with E-state index in [0.29, 0.717) is 16.7 Å². The highest BCUT2D eigenvalue weighted by Gasteiger charge is 2.26. The molecule has 3 aromatic heterocycles. The van der Waals surface area contributed by atoms with E-state index in [0.717, 1.165) is 6.92 Å². The fraction of sp³-hybridized carbons (Fsp3) is 0.200. The summed E-state index contributed by atoms with van der Waals surface area (Å²) < 4.78 is 28.3. The van der Waals surface area contributed by atoms with Gasteiger partial charge in [-0.05, 0) is 12.1 Å². The van der Waals surface area contributed by atoms with Crippen molar-refractivity contribution in [2.24, 2.45) is 0 Å². The summed E-state index contributed by atoms with van der Waals surface area (Å²) in [6.45, 7) is 2.12. The number of rotatable bonds is 3. The van der Waals surface area contributed by atoms with Crippen LogP contribution in [0.3, 0.4) is 0 Å². The molecule has 0 aliphatic heterocycles. The number of nitrogens with zero attached hydrogens (tertiary/aromatic N) is 4. The second-order valence-electron chi connectivity index (χ2n) is 5.24.